The summed E-state index contributed by atoms with van der Waals surface area (Å²) in [5.41, 5.74) is 9.22. The van der Waals surface area contributed by atoms with Gasteiger partial charge in [-0.2, -0.15) is 0 Å². The highest BCUT2D eigenvalue weighted by Crippen LogP contribution is 2.25. The van der Waals surface area contributed by atoms with Gasteiger partial charge in [-0.15, -0.1) is 0 Å². The summed E-state index contributed by atoms with van der Waals surface area (Å²) in [6, 6.07) is 16.1. The zero-order valence-electron chi connectivity index (χ0n) is 20.7. The molecule has 0 aliphatic carbocycles. The third kappa shape index (κ3) is 4.97. The molecule has 0 radical (unpaired) electrons. The molecule has 3 aromatic carbocycles. The van der Waals surface area contributed by atoms with Crippen LogP contribution >= 0.6 is 11.6 Å². The first-order valence-electron chi connectivity index (χ1n) is 11.4. The van der Waals surface area contributed by atoms with Gasteiger partial charge in [-0.3, -0.25) is 19.8 Å². The van der Waals surface area contributed by atoms with Crippen LogP contribution in [-0.4, -0.2) is 22.4 Å². The smallest absolute Gasteiger partial charge is 0.320 e. The van der Waals surface area contributed by atoms with Crippen molar-refractivity contribution in [3.63, 3.8) is 0 Å². The monoisotopic (exact) mass is 502 g/mol. The molecule has 3 amide bonds. The molecule has 0 fully saturated rings. The maximum Gasteiger partial charge on any atom is 0.328 e. The summed E-state index contributed by atoms with van der Waals surface area (Å²) < 4.78 is 1.31. The molecule has 4 rings (SSSR count). The second kappa shape index (κ2) is 9.87. The van der Waals surface area contributed by atoms with Gasteiger partial charge < -0.3 is 10.6 Å². The maximum atomic E-state index is 13.3. The number of benzene rings is 3. The third-order valence-electron chi connectivity index (χ3n) is 6.18. The maximum absolute atomic E-state index is 13.3. The highest BCUT2D eigenvalue weighted by Gasteiger charge is 2.22. The van der Waals surface area contributed by atoms with Gasteiger partial charge in [-0.05, 0) is 87.2 Å². The summed E-state index contributed by atoms with van der Waals surface area (Å²) in [5, 5.41) is 6.71. The molecular weight excluding hydrogens is 476 g/mol. The first kappa shape index (κ1) is 25.0. The Morgan fingerprint density at radius 3 is 2.17 bits per heavy atom. The molecule has 0 aliphatic heterocycles. The normalized spacial score (nSPS) is 10.8. The molecule has 1 aromatic heterocycles. The van der Waals surface area contributed by atoms with Crippen molar-refractivity contribution in [2.75, 3.05) is 16.1 Å². The molecule has 7 nitrogen and oxygen atoms in total. The minimum atomic E-state index is -0.914. The highest BCUT2D eigenvalue weighted by atomic mass is 35.5. The van der Waals surface area contributed by atoms with E-state index >= 15 is 0 Å². The van der Waals surface area contributed by atoms with Crippen LogP contribution in [0.25, 0.3) is 10.9 Å². The van der Waals surface area contributed by atoms with Gasteiger partial charge in [0.25, 0.3) is 5.91 Å². The van der Waals surface area contributed by atoms with E-state index in [4.69, 9.17) is 11.6 Å². The lowest BCUT2D eigenvalue weighted by Gasteiger charge is -2.15. The molecule has 0 bridgehead atoms. The fourth-order valence-corrected chi connectivity index (χ4v) is 4.43. The second-order valence-corrected chi connectivity index (χ2v) is 9.37. The predicted molar refractivity (Wildman–Crippen MR) is 144 cm³/mol. The van der Waals surface area contributed by atoms with Crippen LogP contribution in [0.15, 0.2) is 54.6 Å². The number of halogens is 1. The van der Waals surface area contributed by atoms with E-state index in [0.29, 0.717) is 27.3 Å². The highest BCUT2D eigenvalue weighted by molar-refractivity contribution is 6.42. The fourth-order valence-electron chi connectivity index (χ4n) is 4.25. The van der Waals surface area contributed by atoms with E-state index < -0.39 is 17.7 Å². The number of aryl methyl sites for hydroxylation is 4. The van der Waals surface area contributed by atoms with Gasteiger partial charge in [0.05, 0.1) is 5.52 Å². The third-order valence-corrected chi connectivity index (χ3v) is 6.42. The van der Waals surface area contributed by atoms with Crippen LogP contribution in [0.5, 0.6) is 0 Å². The number of fused-ring (bicyclic) bond motifs is 1. The summed E-state index contributed by atoms with van der Waals surface area (Å²) in [6.45, 7) is 9.58. The summed E-state index contributed by atoms with van der Waals surface area (Å²) in [5.74, 6) is -2.20. The van der Waals surface area contributed by atoms with Crippen molar-refractivity contribution in [2.24, 2.45) is 0 Å². The number of anilines is 2. The lowest BCUT2D eigenvalue weighted by Crippen LogP contribution is -2.36. The Hall–Kier alpha value is -4.10. The van der Waals surface area contributed by atoms with E-state index in [1.165, 1.54) is 4.68 Å². The van der Waals surface area contributed by atoms with Crippen LogP contribution in [0.4, 0.5) is 11.4 Å². The molecule has 0 spiro atoms. The lowest BCUT2D eigenvalue weighted by atomic mass is 10.1. The Morgan fingerprint density at radius 1 is 0.778 bits per heavy atom. The van der Waals surface area contributed by atoms with Crippen molar-refractivity contribution >= 4 is 51.6 Å². The van der Waals surface area contributed by atoms with Gasteiger partial charge in [-0.25, -0.2) is 4.68 Å². The standard InChI is InChI=1S/C28H27ClN4O3/c1-15-11-17(3)25(18(4)12-15)31-27(35)28(36)32-33-23-10-9-21(29)13-20(23)14-24(33)26(34)30-22-8-6-7-16(2)19(22)5/h6-14H,1-5H3,(H,30,34)(H,31,35)(H,32,36). The van der Waals surface area contributed by atoms with Crippen LogP contribution in [0.1, 0.15) is 38.3 Å². The molecule has 3 N–H and O–H groups in total. The van der Waals surface area contributed by atoms with Crippen molar-refractivity contribution in [1.82, 2.24) is 4.68 Å². The summed E-state index contributed by atoms with van der Waals surface area (Å²) in [4.78, 5) is 39.1. The van der Waals surface area contributed by atoms with E-state index in [-0.39, 0.29) is 5.69 Å². The summed E-state index contributed by atoms with van der Waals surface area (Å²) in [7, 11) is 0. The quantitative estimate of drug-likeness (QED) is 0.308. The Balaban J connectivity index is 1.66. The zero-order chi connectivity index (χ0) is 26.1. The Morgan fingerprint density at radius 2 is 1.47 bits per heavy atom. The molecule has 0 saturated carbocycles. The van der Waals surface area contributed by atoms with E-state index in [9.17, 15) is 14.4 Å². The molecule has 1 heterocycles. The molecule has 8 heteroatoms. The van der Waals surface area contributed by atoms with Gasteiger partial charge in [0.1, 0.15) is 5.69 Å². The average molecular weight is 503 g/mol. The van der Waals surface area contributed by atoms with Crippen molar-refractivity contribution in [3.8, 4) is 0 Å². The number of amides is 3. The van der Waals surface area contributed by atoms with Crippen LogP contribution in [0.3, 0.4) is 0 Å². The number of carbonyl (C=O) groups excluding carboxylic acids is 3. The van der Waals surface area contributed by atoms with Crippen LogP contribution in [-0.2, 0) is 9.59 Å². The van der Waals surface area contributed by atoms with Gasteiger partial charge in [-0.1, -0.05) is 41.4 Å². The molecule has 36 heavy (non-hydrogen) atoms. The Kier molecular flexibility index (Phi) is 6.86. The molecule has 0 aliphatic rings. The second-order valence-electron chi connectivity index (χ2n) is 8.94. The topological polar surface area (TPSA) is 92.2 Å². The summed E-state index contributed by atoms with van der Waals surface area (Å²) in [6.07, 6.45) is 0. The zero-order valence-corrected chi connectivity index (χ0v) is 21.5. The van der Waals surface area contributed by atoms with E-state index in [1.54, 1.807) is 24.3 Å². The number of nitrogens with zero attached hydrogens (tertiary/aromatic N) is 1. The van der Waals surface area contributed by atoms with Gasteiger partial charge >= 0.3 is 11.8 Å². The molecular formula is C28H27ClN4O3. The fraction of sp³-hybridized carbons (Fsp3) is 0.179. The first-order valence-corrected chi connectivity index (χ1v) is 11.8. The van der Waals surface area contributed by atoms with Gasteiger partial charge in [0.15, 0.2) is 0 Å². The Bertz CT molecular complexity index is 1510. The minimum absolute atomic E-state index is 0.150. The van der Waals surface area contributed by atoms with Crippen LogP contribution in [0.2, 0.25) is 5.02 Å². The molecule has 0 unspecified atom stereocenters. The SMILES string of the molecule is Cc1cc(C)c(NC(=O)C(=O)Nn2c(C(=O)Nc3cccc(C)c3C)cc3cc(Cl)ccc32)c(C)c1. The number of carbonyl (C=O) groups is 3. The molecule has 4 aromatic rings. The number of nitrogens with one attached hydrogen (secondary N) is 3. The lowest BCUT2D eigenvalue weighted by molar-refractivity contribution is -0.133. The van der Waals surface area contributed by atoms with E-state index in [1.807, 2.05) is 65.0 Å². The minimum Gasteiger partial charge on any atom is -0.320 e. The van der Waals surface area contributed by atoms with E-state index in [2.05, 4.69) is 16.1 Å². The molecule has 0 saturated heterocycles. The first-order chi connectivity index (χ1) is 17.0. The van der Waals surface area contributed by atoms with Crippen molar-refractivity contribution in [1.29, 1.82) is 0 Å². The van der Waals surface area contributed by atoms with Crippen molar-refractivity contribution in [2.45, 2.75) is 34.6 Å². The van der Waals surface area contributed by atoms with Crippen LogP contribution < -0.4 is 16.1 Å². The van der Waals surface area contributed by atoms with Crippen molar-refractivity contribution in [3.05, 3.63) is 93.1 Å². The largest absolute Gasteiger partial charge is 0.328 e. The van der Waals surface area contributed by atoms with E-state index in [0.717, 1.165) is 27.8 Å². The van der Waals surface area contributed by atoms with Crippen LogP contribution in [0, 0.1) is 34.6 Å². The number of hydrogen-bond acceptors (Lipinski definition) is 3. The Labute approximate surface area is 214 Å². The van der Waals surface area contributed by atoms with Crippen molar-refractivity contribution < 1.29 is 14.4 Å². The molecule has 184 valence electrons. The van der Waals surface area contributed by atoms with Gasteiger partial charge in [0, 0.05) is 21.8 Å². The van der Waals surface area contributed by atoms with Gasteiger partial charge in [0.2, 0.25) is 0 Å². The number of aromatic nitrogens is 1. The number of rotatable bonds is 4. The average Bonchev–Trinajstić information content (AvgIpc) is 3.16. The number of hydrogen-bond donors (Lipinski definition) is 3. The molecule has 0 atom stereocenters. The predicted octanol–water partition coefficient (Wildman–Crippen LogP) is 5.80. The summed E-state index contributed by atoms with van der Waals surface area (Å²) >= 11 is 6.15.